The molecule has 3 heteroatoms. The minimum atomic E-state index is 0.213. The Morgan fingerprint density at radius 2 is 2.05 bits per heavy atom. The summed E-state index contributed by atoms with van der Waals surface area (Å²) in [4.78, 5) is 11.6. The lowest BCUT2D eigenvalue weighted by Gasteiger charge is -2.17. The molecule has 2 rings (SSSR count). The largest absolute Gasteiger partial charge is 0.353 e. The van der Waals surface area contributed by atoms with Crippen LogP contribution in [0, 0.1) is 0 Å². The summed E-state index contributed by atoms with van der Waals surface area (Å²) < 4.78 is 0. The molecule has 0 heterocycles. The van der Waals surface area contributed by atoms with Crippen molar-refractivity contribution in [3.63, 3.8) is 0 Å². The molecule has 1 aliphatic rings. The van der Waals surface area contributed by atoms with E-state index in [1.807, 2.05) is 0 Å². The van der Waals surface area contributed by atoms with Gasteiger partial charge in [0.15, 0.2) is 0 Å². The second-order valence-electron chi connectivity index (χ2n) is 5.69. The Kier molecular flexibility index (Phi) is 6.06. The summed E-state index contributed by atoms with van der Waals surface area (Å²) >= 11 is 0. The third-order valence-corrected chi connectivity index (χ3v) is 3.77. The Hall–Kier alpha value is -1.35. The van der Waals surface area contributed by atoms with Crippen molar-refractivity contribution in [3.8, 4) is 0 Å². The number of benzene rings is 1. The maximum absolute atomic E-state index is 11.6. The molecule has 0 aromatic heterocycles. The molecule has 0 bridgehead atoms. The Labute approximate surface area is 122 Å². The highest BCUT2D eigenvalue weighted by Crippen LogP contribution is 2.18. The molecule has 0 spiro atoms. The van der Waals surface area contributed by atoms with E-state index in [1.54, 1.807) is 0 Å². The number of hydrogen-bond acceptors (Lipinski definition) is 2. The van der Waals surface area contributed by atoms with Gasteiger partial charge in [-0.15, -0.1) is 0 Å². The normalized spacial score (nSPS) is 15.8. The van der Waals surface area contributed by atoms with Gasteiger partial charge in [0, 0.05) is 18.5 Å². The first-order valence-corrected chi connectivity index (χ1v) is 7.84. The molecule has 0 saturated heterocycles. The maximum atomic E-state index is 11.6. The third-order valence-electron chi connectivity index (χ3n) is 3.77. The minimum Gasteiger partial charge on any atom is -0.353 e. The number of carbonyl (C=O) groups is 1. The number of hydrogen-bond donors (Lipinski definition) is 2. The van der Waals surface area contributed by atoms with Gasteiger partial charge in [0.1, 0.15) is 0 Å². The first kappa shape index (κ1) is 15.0. The first-order valence-electron chi connectivity index (χ1n) is 7.84. The minimum absolute atomic E-state index is 0.213. The fourth-order valence-electron chi connectivity index (χ4n) is 2.34. The van der Waals surface area contributed by atoms with E-state index in [0.29, 0.717) is 18.5 Å². The van der Waals surface area contributed by atoms with Crippen LogP contribution in [0.3, 0.4) is 0 Å². The van der Waals surface area contributed by atoms with Crippen LogP contribution in [0.5, 0.6) is 0 Å². The predicted molar refractivity (Wildman–Crippen MR) is 82.6 cm³/mol. The second kappa shape index (κ2) is 8.05. The monoisotopic (exact) mass is 274 g/mol. The van der Waals surface area contributed by atoms with Gasteiger partial charge in [-0.05, 0) is 44.2 Å². The third kappa shape index (κ3) is 5.74. The molecule has 1 saturated carbocycles. The summed E-state index contributed by atoms with van der Waals surface area (Å²) in [5.74, 6) is 0.213. The first-order chi connectivity index (χ1) is 9.78. The highest BCUT2D eigenvalue weighted by Gasteiger charge is 2.22. The van der Waals surface area contributed by atoms with Gasteiger partial charge >= 0.3 is 0 Å². The zero-order valence-electron chi connectivity index (χ0n) is 12.4. The fourth-order valence-corrected chi connectivity index (χ4v) is 2.34. The molecule has 1 atom stereocenters. The van der Waals surface area contributed by atoms with Gasteiger partial charge in [-0.3, -0.25) is 4.79 Å². The van der Waals surface area contributed by atoms with Crippen molar-refractivity contribution in [3.05, 3.63) is 35.9 Å². The molecule has 3 nitrogen and oxygen atoms in total. The Morgan fingerprint density at radius 1 is 1.30 bits per heavy atom. The van der Waals surface area contributed by atoms with Crippen molar-refractivity contribution < 1.29 is 4.79 Å². The molecule has 1 aromatic carbocycles. The summed E-state index contributed by atoms with van der Waals surface area (Å²) in [6, 6.07) is 11.6. The Bertz CT molecular complexity index is 401. The van der Waals surface area contributed by atoms with Crippen molar-refractivity contribution in [2.24, 2.45) is 0 Å². The SMILES string of the molecule is CCC(Cc1ccccc1)NCCCC(=O)NC1CC1. The molecule has 0 radical (unpaired) electrons. The van der Waals surface area contributed by atoms with Crippen molar-refractivity contribution in [1.82, 2.24) is 10.6 Å². The van der Waals surface area contributed by atoms with Crippen LogP contribution in [0.1, 0.15) is 44.6 Å². The van der Waals surface area contributed by atoms with E-state index >= 15 is 0 Å². The van der Waals surface area contributed by atoms with Crippen molar-refractivity contribution in [1.29, 1.82) is 0 Å². The molecular formula is C17H26N2O. The second-order valence-corrected chi connectivity index (χ2v) is 5.69. The summed E-state index contributed by atoms with van der Waals surface area (Å²) in [7, 11) is 0. The van der Waals surface area contributed by atoms with Crippen LogP contribution in [0.25, 0.3) is 0 Å². The lowest BCUT2D eigenvalue weighted by Crippen LogP contribution is -2.32. The summed E-state index contributed by atoms with van der Waals surface area (Å²) in [5, 5.41) is 6.59. The standard InChI is InChI=1S/C17H26N2O/c1-2-15(13-14-7-4-3-5-8-14)18-12-6-9-17(20)19-16-10-11-16/h3-5,7-8,15-16,18H,2,6,9-13H2,1H3,(H,19,20). The van der Waals surface area contributed by atoms with Gasteiger partial charge in [-0.2, -0.15) is 0 Å². The van der Waals surface area contributed by atoms with Gasteiger partial charge < -0.3 is 10.6 Å². The van der Waals surface area contributed by atoms with Gasteiger partial charge in [0.05, 0.1) is 0 Å². The van der Waals surface area contributed by atoms with Crippen molar-refractivity contribution in [2.75, 3.05) is 6.54 Å². The summed E-state index contributed by atoms with van der Waals surface area (Å²) in [6.07, 6.45) is 6.07. The van der Waals surface area contributed by atoms with Crippen molar-refractivity contribution in [2.45, 2.75) is 57.5 Å². The van der Waals surface area contributed by atoms with E-state index in [2.05, 4.69) is 47.9 Å². The average Bonchev–Trinajstić information content (AvgIpc) is 3.27. The number of amides is 1. The number of nitrogens with one attached hydrogen (secondary N) is 2. The van der Waals surface area contributed by atoms with Gasteiger partial charge in [0.25, 0.3) is 0 Å². The molecule has 1 fully saturated rings. The van der Waals surface area contributed by atoms with Crippen LogP contribution < -0.4 is 10.6 Å². The number of carbonyl (C=O) groups excluding carboxylic acids is 1. The van der Waals surface area contributed by atoms with E-state index in [-0.39, 0.29) is 5.91 Å². The van der Waals surface area contributed by atoms with Crippen molar-refractivity contribution >= 4 is 5.91 Å². The summed E-state index contributed by atoms with van der Waals surface area (Å²) in [5.41, 5.74) is 1.37. The average molecular weight is 274 g/mol. The smallest absolute Gasteiger partial charge is 0.220 e. The lowest BCUT2D eigenvalue weighted by molar-refractivity contribution is -0.121. The molecule has 1 unspecified atom stereocenters. The molecule has 1 aliphatic carbocycles. The highest BCUT2D eigenvalue weighted by atomic mass is 16.1. The van der Waals surface area contributed by atoms with Gasteiger partial charge in [-0.25, -0.2) is 0 Å². The van der Waals surface area contributed by atoms with Crippen LogP contribution in [-0.4, -0.2) is 24.5 Å². The van der Waals surface area contributed by atoms with E-state index in [9.17, 15) is 4.79 Å². The van der Waals surface area contributed by atoms with Crippen LogP contribution in [0.4, 0.5) is 0 Å². The van der Waals surface area contributed by atoms with E-state index in [1.165, 1.54) is 18.4 Å². The molecule has 110 valence electrons. The molecule has 20 heavy (non-hydrogen) atoms. The Morgan fingerprint density at radius 3 is 2.70 bits per heavy atom. The molecular weight excluding hydrogens is 248 g/mol. The summed E-state index contributed by atoms with van der Waals surface area (Å²) in [6.45, 7) is 3.13. The van der Waals surface area contributed by atoms with Crippen LogP contribution in [0.15, 0.2) is 30.3 Å². The van der Waals surface area contributed by atoms with E-state index in [4.69, 9.17) is 0 Å². The number of rotatable bonds is 9. The molecule has 0 aliphatic heterocycles. The van der Waals surface area contributed by atoms with Crippen LogP contribution in [-0.2, 0) is 11.2 Å². The maximum Gasteiger partial charge on any atom is 0.220 e. The lowest BCUT2D eigenvalue weighted by atomic mass is 10.0. The zero-order chi connectivity index (χ0) is 14.2. The van der Waals surface area contributed by atoms with Crippen LogP contribution in [0.2, 0.25) is 0 Å². The van der Waals surface area contributed by atoms with E-state index < -0.39 is 0 Å². The molecule has 1 amide bonds. The van der Waals surface area contributed by atoms with Gasteiger partial charge in [-0.1, -0.05) is 37.3 Å². The highest BCUT2D eigenvalue weighted by molar-refractivity contribution is 5.76. The van der Waals surface area contributed by atoms with Crippen LogP contribution >= 0.6 is 0 Å². The van der Waals surface area contributed by atoms with E-state index in [0.717, 1.165) is 25.8 Å². The fraction of sp³-hybridized carbons (Fsp3) is 0.588. The zero-order valence-corrected chi connectivity index (χ0v) is 12.4. The quantitative estimate of drug-likeness (QED) is 0.680. The molecule has 2 N–H and O–H groups in total. The van der Waals surface area contributed by atoms with Gasteiger partial charge in [0.2, 0.25) is 5.91 Å². The Balaban J connectivity index is 1.59. The molecule has 1 aromatic rings. The predicted octanol–water partition coefficient (Wildman–Crippen LogP) is 2.66. The topological polar surface area (TPSA) is 41.1 Å².